The lowest BCUT2D eigenvalue weighted by atomic mass is 10.0. The molecule has 1 N–H and O–H groups in total. The van der Waals surface area contributed by atoms with Crippen LogP contribution in [0.1, 0.15) is 60.3 Å². The van der Waals surface area contributed by atoms with Crippen LogP contribution in [0.2, 0.25) is 0 Å². The normalized spacial score (nSPS) is 14.2. The zero-order valence-electron chi connectivity index (χ0n) is 13.0. The van der Waals surface area contributed by atoms with Gasteiger partial charge in [0.15, 0.2) is 0 Å². The second kappa shape index (κ2) is 9.60. The molecule has 108 valence electrons. The number of aliphatic carboxylic acids is 1. The molecule has 0 aliphatic carbocycles. The quantitative estimate of drug-likeness (QED) is 0.617. The molecule has 0 saturated carbocycles. The van der Waals surface area contributed by atoms with Gasteiger partial charge in [0, 0.05) is 0 Å². The van der Waals surface area contributed by atoms with Gasteiger partial charge in [-0.15, -0.1) is 0 Å². The predicted octanol–water partition coefficient (Wildman–Crippen LogP) is 5.13. The fourth-order valence-corrected chi connectivity index (χ4v) is 1.82. The van der Waals surface area contributed by atoms with E-state index in [0.717, 1.165) is 31.3 Å². The number of hydrogen-bond acceptors (Lipinski definition) is 1. The summed E-state index contributed by atoms with van der Waals surface area (Å²) in [5, 5.41) is 8.82. The Morgan fingerprint density at radius 3 is 2.05 bits per heavy atom. The highest BCUT2D eigenvalue weighted by Crippen LogP contribution is 2.13. The molecule has 1 atom stereocenters. The number of rotatable bonds is 8. The standard InChI is InChI=1S/C17H28O2/c1-13(2)8-6-9-14(3)10-7-11-15(4)12-16(5)17(18)19/h8,10,12,16H,6-7,9,11H2,1-5H3,(H,18,19)/b14-10+,15-12+. The third-order valence-corrected chi connectivity index (χ3v) is 3.05. The van der Waals surface area contributed by atoms with Gasteiger partial charge in [0.1, 0.15) is 0 Å². The zero-order chi connectivity index (χ0) is 14.8. The molecule has 2 heteroatoms. The molecular formula is C17H28O2. The van der Waals surface area contributed by atoms with E-state index in [1.165, 1.54) is 11.1 Å². The van der Waals surface area contributed by atoms with E-state index in [-0.39, 0.29) is 5.92 Å². The lowest BCUT2D eigenvalue weighted by molar-refractivity contribution is -0.139. The average molecular weight is 264 g/mol. The summed E-state index contributed by atoms with van der Waals surface area (Å²) in [6, 6.07) is 0. The highest BCUT2D eigenvalue weighted by molar-refractivity contribution is 5.71. The molecule has 0 amide bonds. The minimum atomic E-state index is -0.757. The molecule has 0 saturated heterocycles. The first-order valence-corrected chi connectivity index (χ1v) is 7.02. The van der Waals surface area contributed by atoms with Crippen LogP contribution in [0.15, 0.2) is 34.9 Å². The molecule has 2 nitrogen and oxygen atoms in total. The molecule has 0 aromatic rings. The molecular weight excluding hydrogens is 236 g/mol. The van der Waals surface area contributed by atoms with Crippen molar-refractivity contribution in [2.24, 2.45) is 5.92 Å². The van der Waals surface area contributed by atoms with Gasteiger partial charge in [-0.2, -0.15) is 0 Å². The van der Waals surface area contributed by atoms with Gasteiger partial charge in [-0.05, 0) is 60.3 Å². The Balaban J connectivity index is 4.06. The fraction of sp³-hybridized carbons (Fsp3) is 0.588. The van der Waals surface area contributed by atoms with Crippen LogP contribution in [0, 0.1) is 5.92 Å². The van der Waals surface area contributed by atoms with E-state index in [0.29, 0.717) is 0 Å². The molecule has 0 spiro atoms. The van der Waals surface area contributed by atoms with E-state index in [4.69, 9.17) is 5.11 Å². The molecule has 0 rings (SSSR count). The Morgan fingerprint density at radius 1 is 1.00 bits per heavy atom. The van der Waals surface area contributed by atoms with Gasteiger partial charge < -0.3 is 5.11 Å². The Labute approximate surface area is 117 Å². The number of carboxylic acids is 1. The molecule has 0 heterocycles. The van der Waals surface area contributed by atoms with Crippen molar-refractivity contribution in [1.82, 2.24) is 0 Å². The SMILES string of the molecule is CC(C)=CCC/C(C)=C/CC/C(C)=C/C(C)C(=O)O. The predicted molar refractivity (Wildman–Crippen MR) is 82.2 cm³/mol. The Morgan fingerprint density at radius 2 is 1.53 bits per heavy atom. The van der Waals surface area contributed by atoms with Crippen molar-refractivity contribution < 1.29 is 9.90 Å². The maximum Gasteiger partial charge on any atom is 0.310 e. The fourth-order valence-electron chi connectivity index (χ4n) is 1.82. The van der Waals surface area contributed by atoms with E-state index in [2.05, 4.69) is 32.9 Å². The van der Waals surface area contributed by atoms with E-state index >= 15 is 0 Å². The Kier molecular flexibility index (Phi) is 8.94. The summed E-state index contributed by atoms with van der Waals surface area (Å²) in [6.07, 6.45) is 10.5. The number of hydrogen-bond donors (Lipinski definition) is 1. The second-order valence-corrected chi connectivity index (χ2v) is 5.55. The molecule has 1 unspecified atom stereocenters. The molecule has 0 bridgehead atoms. The summed E-state index contributed by atoms with van der Waals surface area (Å²) in [5.41, 5.74) is 3.94. The highest BCUT2D eigenvalue weighted by atomic mass is 16.4. The number of allylic oxidation sites excluding steroid dienone is 5. The number of carbonyl (C=O) groups is 1. The lowest BCUT2D eigenvalue weighted by Crippen LogP contribution is -2.06. The van der Waals surface area contributed by atoms with Gasteiger partial charge in [0.2, 0.25) is 0 Å². The smallest absolute Gasteiger partial charge is 0.310 e. The first kappa shape index (κ1) is 17.7. The summed E-state index contributed by atoms with van der Waals surface area (Å²) in [6.45, 7) is 10.1. The van der Waals surface area contributed by atoms with E-state index in [9.17, 15) is 4.79 Å². The maximum atomic E-state index is 10.7. The first-order chi connectivity index (χ1) is 8.82. The Bertz CT molecular complexity index is 369. The van der Waals surface area contributed by atoms with Crippen LogP contribution in [-0.2, 0) is 4.79 Å². The second-order valence-electron chi connectivity index (χ2n) is 5.55. The maximum absolute atomic E-state index is 10.7. The van der Waals surface area contributed by atoms with Crippen LogP contribution in [0.4, 0.5) is 0 Å². The van der Waals surface area contributed by atoms with Crippen LogP contribution in [0.5, 0.6) is 0 Å². The monoisotopic (exact) mass is 264 g/mol. The van der Waals surface area contributed by atoms with Gasteiger partial charge in [-0.1, -0.05) is 34.9 Å². The van der Waals surface area contributed by atoms with Gasteiger partial charge in [-0.25, -0.2) is 0 Å². The van der Waals surface area contributed by atoms with Crippen LogP contribution in [0.25, 0.3) is 0 Å². The third-order valence-electron chi connectivity index (χ3n) is 3.05. The summed E-state index contributed by atoms with van der Waals surface area (Å²) in [7, 11) is 0. The molecule has 0 aromatic carbocycles. The van der Waals surface area contributed by atoms with Crippen LogP contribution >= 0.6 is 0 Å². The molecule has 0 radical (unpaired) electrons. The van der Waals surface area contributed by atoms with Crippen molar-refractivity contribution in [3.05, 3.63) is 34.9 Å². The summed E-state index contributed by atoms with van der Waals surface area (Å²) in [4.78, 5) is 10.7. The van der Waals surface area contributed by atoms with Crippen molar-refractivity contribution >= 4 is 5.97 Å². The summed E-state index contributed by atoms with van der Waals surface area (Å²) >= 11 is 0. The lowest BCUT2D eigenvalue weighted by Gasteiger charge is -2.03. The van der Waals surface area contributed by atoms with Crippen molar-refractivity contribution in [1.29, 1.82) is 0 Å². The first-order valence-electron chi connectivity index (χ1n) is 7.02. The van der Waals surface area contributed by atoms with Gasteiger partial charge >= 0.3 is 5.97 Å². The summed E-state index contributed by atoms with van der Waals surface area (Å²) in [5.74, 6) is -1.14. The van der Waals surface area contributed by atoms with Crippen LogP contribution in [0.3, 0.4) is 0 Å². The zero-order valence-corrected chi connectivity index (χ0v) is 13.0. The molecule has 19 heavy (non-hydrogen) atoms. The van der Waals surface area contributed by atoms with Crippen LogP contribution < -0.4 is 0 Å². The van der Waals surface area contributed by atoms with Gasteiger partial charge in [0.05, 0.1) is 5.92 Å². The van der Waals surface area contributed by atoms with Crippen molar-refractivity contribution in [3.8, 4) is 0 Å². The molecule has 0 fully saturated rings. The van der Waals surface area contributed by atoms with E-state index in [1.54, 1.807) is 6.92 Å². The minimum absolute atomic E-state index is 0.386. The topological polar surface area (TPSA) is 37.3 Å². The summed E-state index contributed by atoms with van der Waals surface area (Å²) < 4.78 is 0. The third kappa shape index (κ3) is 10.3. The molecule has 0 aliphatic heterocycles. The average Bonchev–Trinajstić information content (AvgIpc) is 2.28. The number of carboxylic acid groups (broad SMARTS) is 1. The van der Waals surface area contributed by atoms with Crippen molar-refractivity contribution in [2.75, 3.05) is 0 Å². The van der Waals surface area contributed by atoms with Crippen LogP contribution in [-0.4, -0.2) is 11.1 Å². The molecule has 0 aromatic heterocycles. The van der Waals surface area contributed by atoms with Crippen molar-refractivity contribution in [2.45, 2.75) is 60.3 Å². The van der Waals surface area contributed by atoms with E-state index in [1.807, 2.05) is 13.0 Å². The largest absolute Gasteiger partial charge is 0.481 e. The van der Waals surface area contributed by atoms with Gasteiger partial charge in [0.25, 0.3) is 0 Å². The van der Waals surface area contributed by atoms with Gasteiger partial charge in [-0.3, -0.25) is 4.79 Å². The Hall–Kier alpha value is -1.31. The van der Waals surface area contributed by atoms with Crippen molar-refractivity contribution in [3.63, 3.8) is 0 Å². The van der Waals surface area contributed by atoms with E-state index < -0.39 is 5.97 Å². The molecule has 0 aliphatic rings. The minimum Gasteiger partial charge on any atom is -0.481 e. The highest BCUT2D eigenvalue weighted by Gasteiger charge is 2.06.